The zero-order chi connectivity index (χ0) is 23.2. The molecule has 2 aliphatic rings. The highest BCUT2D eigenvalue weighted by molar-refractivity contribution is 5.92. The average Bonchev–Trinajstić information content (AvgIpc) is 2.81. The van der Waals surface area contributed by atoms with Crippen LogP contribution in [0.5, 0.6) is 5.75 Å². The molecule has 0 aliphatic carbocycles. The number of anilines is 5. The Labute approximate surface area is 195 Å². The Hall–Kier alpha value is -3.10. The van der Waals surface area contributed by atoms with Gasteiger partial charge in [0.15, 0.2) is 0 Å². The fourth-order valence-electron chi connectivity index (χ4n) is 4.30. The quantitative estimate of drug-likeness (QED) is 0.533. The van der Waals surface area contributed by atoms with E-state index in [1.807, 2.05) is 13.8 Å². The average molecular weight is 454 g/mol. The first-order valence-corrected chi connectivity index (χ1v) is 12.1. The Morgan fingerprint density at radius 3 is 2.03 bits per heavy atom. The summed E-state index contributed by atoms with van der Waals surface area (Å²) in [7, 11) is 0. The Morgan fingerprint density at radius 1 is 0.939 bits per heavy atom. The minimum absolute atomic E-state index is 0.00123. The van der Waals surface area contributed by atoms with Gasteiger partial charge in [0.2, 0.25) is 23.8 Å². The van der Waals surface area contributed by atoms with Crippen LogP contribution in [-0.4, -0.2) is 52.1 Å². The van der Waals surface area contributed by atoms with E-state index in [0.717, 1.165) is 51.9 Å². The SMILES string of the molecule is CC(C)CC(=O)Nc1ccc(Nc2nc(N3CCCCC3)nc(N3CCCCC3)n2)cc1O. The number of aromatic hydroxyl groups is 1. The van der Waals surface area contributed by atoms with E-state index >= 15 is 0 Å². The molecule has 0 radical (unpaired) electrons. The number of carbonyl (C=O) groups is 1. The normalized spacial score (nSPS) is 16.7. The van der Waals surface area contributed by atoms with Gasteiger partial charge < -0.3 is 25.5 Å². The summed E-state index contributed by atoms with van der Waals surface area (Å²) in [6.45, 7) is 7.78. The smallest absolute Gasteiger partial charge is 0.233 e. The fourth-order valence-corrected chi connectivity index (χ4v) is 4.30. The summed E-state index contributed by atoms with van der Waals surface area (Å²) >= 11 is 0. The van der Waals surface area contributed by atoms with Gasteiger partial charge in [-0.15, -0.1) is 0 Å². The van der Waals surface area contributed by atoms with Crippen LogP contribution >= 0.6 is 0 Å². The minimum Gasteiger partial charge on any atom is -0.506 e. The van der Waals surface area contributed by atoms with Crippen molar-refractivity contribution in [3.05, 3.63) is 18.2 Å². The van der Waals surface area contributed by atoms with Crippen LogP contribution in [0, 0.1) is 5.92 Å². The zero-order valence-corrected chi connectivity index (χ0v) is 19.7. The van der Waals surface area contributed by atoms with Crippen molar-refractivity contribution in [1.82, 2.24) is 15.0 Å². The number of benzene rings is 1. The molecule has 2 fully saturated rings. The monoisotopic (exact) mass is 453 g/mol. The van der Waals surface area contributed by atoms with Crippen molar-refractivity contribution in [3.8, 4) is 5.75 Å². The first-order chi connectivity index (χ1) is 16.0. The summed E-state index contributed by atoms with van der Waals surface area (Å²) in [5, 5.41) is 16.4. The molecule has 9 nitrogen and oxygen atoms in total. The second-order valence-corrected chi connectivity index (χ2v) is 9.36. The van der Waals surface area contributed by atoms with Crippen LogP contribution in [0.2, 0.25) is 0 Å². The molecule has 0 bridgehead atoms. The molecule has 1 aromatic heterocycles. The summed E-state index contributed by atoms with van der Waals surface area (Å²) in [5.41, 5.74) is 1.04. The molecule has 0 spiro atoms. The van der Waals surface area contributed by atoms with Gasteiger partial charge in [-0.05, 0) is 56.6 Å². The van der Waals surface area contributed by atoms with Crippen molar-refractivity contribution in [1.29, 1.82) is 0 Å². The van der Waals surface area contributed by atoms with E-state index in [4.69, 9.17) is 15.0 Å². The van der Waals surface area contributed by atoms with Crippen molar-refractivity contribution in [3.63, 3.8) is 0 Å². The number of piperidine rings is 2. The second-order valence-electron chi connectivity index (χ2n) is 9.36. The molecule has 33 heavy (non-hydrogen) atoms. The molecule has 3 heterocycles. The molecule has 2 saturated heterocycles. The third-order valence-corrected chi connectivity index (χ3v) is 6.01. The zero-order valence-electron chi connectivity index (χ0n) is 19.7. The molecule has 178 valence electrons. The van der Waals surface area contributed by atoms with Gasteiger partial charge in [0.25, 0.3) is 0 Å². The summed E-state index contributed by atoms with van der Waals surface area (Å²) in [6.07, 6.45) is 7.46. The number of hydrogen-bond acceptors (Lipinski definition) is 8. The van der Waals surface area contributed by atoms with E-state index in [9.17, 15) is 9.90 Å². The highest BCUT2D eigenvalue weighted by atomic mass is 16.3. The maximum absolute atomic E-state index is 12.1. The van der Waals surface area contributed by atoms with Crippen molar-refractivity contribution in [2.75, 3.05) is 46.6 Å². The topological polar surface area (TPSA) is 107 Å². The summed E-state index contributed by atoms with van der Waals surface area (Å²) in [5.74, 6) is 2.00. The first kappa shape index (κ1) is 23.1. The minimum atomic E-state index is -0.115. The molecule has 1 aromatic carbocycles. The second kappa shape index (κ2) is 10.7. The van der Waals surface area contributed by atoms with Crippen molar-refractivity contribution < 1.29 is 9.90 Å². The standard InChI is InChI=1S/C24H35N7O2/c1-17(2)15-21(33)26-19-10-9-18(16-20(19)32)25-22-27-23(30-11-5-3-6-12-30)29-24(28-22)31-13-7-4-8-14-31/h9-10,16-17,32H,3-8,11-15H2,1-2H3,(H,26,33)(H,25,27,28,29). The van der Waals surface area contributed by atoms with Gasteiger partial charge in [0, 0.05) is 44.4 Å². The van der Waals surface area contributed by atoms with Crippen molar-refractivity contribution in [2.24, 2.45) is 5.92 Å². The van der Waals surface area contributed by atoms with Crippen LogP contribution in [0.3, 0.4) is 0 Å². The summed E-state index contributed by atoms with van der Waals surface area (Å²) in [6, 6.07) is 5.07. The maximum atomic E-state index is 12.1. The molecule has 4 rings (SSSR count). The van der Waals surface area contributed by atoms with Crippen molar-refractivity contribution >= 4 is 35.1 Å². The van der Waals surface area contributed by atoms with Gasteiger partial charge in [-0.2, -0.15) is 15.0 Å². The number of hydrogen-bond donors (Lipinski definition) is 3. The molecule has 0 unspecified atom stereocenters. The lowest BCUT2D eigenvalue weighted by Crippen LogP contribution is -2.34. The lowest BCUT2D eigenvalue weighted by Gasteiger charge is -2.30. The third-order valence-electron chi connectivity index (χ3n) is 6.01. The molecule has 0 atom stereocenters. The van der Waals surface area contributed by atoms with E-state index in [0.29, 0.717) is 35.6 Å². The van der Waals surface area contributed by atoms with Crippen LogP contribution in [-0.2, 0) is 4.79 Å². The van der Waals surface area contributed by atoms with Gasteiger partial charge >= 0.3 is 0 Å². The van der Waals surface area contributed by atoms with E-state index in [1.165, 1.54) is 12.8 Å². The van der Waals surface area contributed by atoms with Crippen LogP contribution in [0.1, 0.15) is 58.8 Å². The molecule has 2 aliphatic heterocycles. The molecule has 2 aromatic rings. The van der Waals surface area contributed by atoms with Gasteiger partial charge in [-0.1, -0.05) is 13.8 Å². The molecule has 1 amide bonds. The summed E-state index contributed by atoms with van der Waals surface area (Å²) in [4.78, 5) is 30.7. The highest BCUT2D eigenvalue weighted by Crippen LogP contribution is 2.29. The van der Waals surface area contributed by atoms with Gasteiger partial charge in [-0.3, -0.25) is 4.79 Å². The number of aromatic nitrogens is 3. The largest absolute Gasteiger partial charge is 0.506 e. The molecule has 0 saturated carbocycles. The predicted octanol–water partition coefficient (Wildman–Crippen LogP) is 4.29. The number of rotatable bonds is 7. The van der Waals surface area contributed by atoms with Gasteiger partial charge in [0.1, 0.15) is 5.75 Å². The fraction of sp³-hybridized carbons (Fsp3) is 0.583. The maximum Gasteiger partial charge on any atom is 0.233 e. The van der Waals surface area contributed by atoms with Crippen molar-refractivity contribution in [2.45, 2.75) is 58.8 Å². The molecule has 3 N–H and O–H groups in total. The van der Waals surface area contributed by atoms with Crippen LogP contribution in [0.25, 0.3) is 0 Å². The number of phenols is 1. The number of nitrogens with zero attached hydrogens (tertiary/aromatic N) is 5. The van der Waals surface area contributed by atoms with E-state index in [2.05, 4.69) is 20.4 Å². The lowest BCUT2D eigenvalue weighted by atomic mass is 10.1. The van der Waals surface area contributed by atoms with E-state index in [1.54, 1.807) is 18.2 Å². The number of phenolic OH excluding ortho intramolecular Hbond substituents is 1. The number of nitrogens with one attached hydrogen (secondary N) is 2. The third kappa shape index (κ3) is 6.24. The van der Waals surface area contributed by atoms with Gasteiger partial charge in [-0.25, -0.2) is 0 Å². The molecular weight excluding hydrogens is 418 g/mol. The highest BCUT2D eigenvalue weighted by Gasteiger charge is 2.20. The predicted molar refractivity (Wildman–Crippen MR) is 131 cm³/mol. The number of carbonyl (C=O) groups excluding carboxylic acids is 1. The Balaban J connectivity index is 1.54. The van der Waals surface area contributed by atoms with E-state index < -0.39 is 0 Å². The first-order valence-electron chi connectivity index (χ1n) is 12.1. The van der Waals surface area contributed by atoms with Crippen LogP contribution in [0.4, 0.5) is 29.2 Å². The lowest BCUT2D eigenvalue weighted by molar-refractivity contribution is -0.116. The number of amides is 1. The molecular formula is C24H35N7O2. The van der Waals surface area contributed by atoms with E-state index in [-0.39, 0.29) is 17.6 Å². The van der Waals surface area contributed by atoms with Crippen LogP contribution < -0.4 is 20.4 Å². The summed E-state index contributed by atoms with van der Waals surface area (Å²) < 4.78 is 0. The Kier molecular flexibility index (Phi) is 7.47. The van der Waals surface area contributed by atoms with Crippen LogP contribution in [0.15, 0.2) is 18.2 Å². The molecule has 9 heteroatoms. The Morgan fingerprint density at radius 2 is 1.52 bits per heavy atom. The Bertz CT molecular complexity index is 918. The van der Waals surface area contributed by atoms with Gasteiger partial charge in [0.05, 0.1) is 5.69 Å².